The molecule has 2 rings (SSSR count). The average molecular weight is 204 g/mol. The van der Waals surface area contributed by atoms with Gasteiger partial charge in [-0.2, -0.15) is 5.10 Å². The molecule has 0 aromatic carbocycles. The number of carbonyl (C=O) groups is 2. The second kappa shape index (κ2) is 3.49. The molecular weight excluding hydrogens is 196 g/mol. The highest BCUT2D eigenvalue weighted by Crippen LogP contribution is 2.16. The number of carbonyl (C=O) groups excluding carboxylic acids is 2. The number of hydrogen-bond acceptors (Lipinski definition) is 4. The van der Waals surface area contributed by atoms with Crippen molar-refractivity contribution in [2.24, 2.45) is 5.73 Å². The number of nitrogens with zero attached hydrogens (tertiary/aromatic N) is 3. The first-order valence-corrected chi connectivity index (χ1v) is 4.28. The van der Waals surface area contributed by atoms with Crippen molar-refractivity contribution >= 4 is 23.1 Å². The van der Waals surface area contributed by atoms with Gasteiger partial charge in [-0.1, -0.05) is 0 Å². The van der Waals surface area contributed by atoms with Gasteiger partial charge in [0.2, 0.25) is 0 Å². The number of primary amides is 1. The first-order chi connectivity index (χ1) is 7.24. The minimum absolute atomic E-state index is 0.0911. The Morgan fingerprint density at radius 1 is 1.60 bits per heavy atom. The van der Waals surface area contributed by atoms with Crippen LogP contribution < -0.4 is 5.73 Å². The molecule has 0 fully saturated rings. The fourth-order valence-corrected chi connectivity index (χ4v) is 1.41. The van der Waals surface area contributed by atoms with Gasteiger partial charge < -0.3 is 10.5 Å². The molecule has 15 heavy (non-hydrogen) atoms. The van der Waals surface area contributed by atoms with Crippen molar-refractivity contribution in [2.75, 3.05) is 0 Å². The number of pyridine rings is 1. The molecular formula is C9H8N4O2. The number of aldehydes is 1. The maximum Gasteiger partial charge on any atom is 0.269 e. The van der Waals surface area contributed by atoms with E-state index in [0.717, 1.165) is 0 Å². The van der Waals surface area contributed by atoms with Crippen molar-refractivity contribution in [3.8, 4) is 0 Å². The zero-order valence-electron chi connectivity index (χ0n) is 7.75. The van der Waals surface area contributed by atoms with Gasteiger partial charge >= 0.3 is 0 Å². The third-order valence-corrected chi connectivity index (χ3v) is 2.03. The lowest BCUT2D eigenvalue weighted by Crippen LogP contribution is -2.13. The minimum Gasteiger partial charge on any atom is -0.364 e. The van der Waals surface area contributed by atoms with Gasteiger partial charge in [-0.25, -0.2) is 0 Å². The number of hydrogen-bond donors (Lipinski definition) is 1. The molecule has 0 atom stereocenters. The summed E-state index contributed by atoms with van der Waals surface area (Å²) >= 11 is 0. The lowest BCUT2D eigenvalue weighted by atomic mass is 10.2. The first kappa shape index (κ1) is 9.32. The minimum atomic E-state index is -0.627. The summed E-state index contributed by atoms with van der Waals surface area (Å²) in [7, 11) is 0. The van der Waals surface area contributed by atoms with Crippen LogP contribution in [0.2, 0.25) is 0 Å². The number of nitrogens with two attached hydrogens (primary N) is 1. The van der Waals surface area contributed by atoms with E-state index >= 15 is 0 Å². The van der Waals surface area contributed by atoms with Crippen LogP contribution in [-0.2, 0) is 11.3 Å². The van der Waals surface area contributed by atoms with E-state index in [2.05, 4.69) is 10.1 Å². The Hall–Kier alpha value is -2.24. The number of aromatic nitrogens is 3. The summed E-state index contributed by atoms with van der Waals surface area (Å²) in [5, 5.41) is 4.51. The lowest BCUT2D eigenvalue weighted by molar-refractivity contribution is -0.108. The Labute approximate surface area is 84.7 Å². The van der Waals surface area contributed by atoms with E-state index in [-0.39, 0.29) is 12.2 Å². The normalized spacial score (nSPS) is 10.4. The van der Waals surface area contributed by atoms with E-state index < -0.39 is 5.91 Å². The second-order valence-electron chi connectivity index (χ2n) is 2.95. The molecule has 2 heterocycles. The Kier molecular flexibility index (Phi) is 2.17. The molecule has 0 spiro atoms. The molecule has 0 bridgehead atoms. The van der Waals surface area contributed by atoms with Crippen LogP contribution in [0.4, 0.5) is 0 Å². The van der Waals surface area contributed by atoms with Crippen LogP contribution in [0, 0.1) is 0 Å². The summed E-state index contributed by atoms with van der Waals surface area (Å²) in [6.45, 7) is 0.0911. The van der Waals surface area contributed by atoms with E-state index in [0.29, 0.717) is 17.2 Å². The zero-order chi connectivity index (χ0) is 10.8. The highest BCUT2D eigenvalue weighted by atomic mass is 16.1. The van der Waals surface area contributed by atoms with Crippen molar-refractivity contribution in [3.63, 3.8) is 0 Å². The standard InChI is InChI=1S/C9H8N4O2/c10-9(15)8-6-5-11-2-1-7(6)13(12-8)3-4-14/h1-2,4-5H,3H2,(H2,10,15). The van der Waals surface area contributed by atoms with Gasteiger partial charge in [-0.05, 0) is 6.07 Å². The lowest BCUT2D eigenvalue weighted by Gasteiger charge is -1.94. The van der Waals surface area contributed by atoms with Gasteiger partial charge in [0.05, 0.1) is 17.4 Å². The predicted molar refractivity (Wildman–Crippen MR) is 52.1 cm³/mol. The molecule has 0 aliphatic heterocycles. The molecule has 0 aliphatic carbocycles. The van der Waals surface area contributed by atoms with E-state index in [1.165, 1.54) is 10.9 Å². The summed E-state index contributed by atoms with van der Waals surface area (Å²) in [6.07, 6.45) is 3.78. The monoisotopic (exact) mass is 204 g/mol. The molecule has 0 radical (unpaired) electrons. The SMILES string of the molecule is NC(=O)c1nn(CC=O)c2ccncc12. The maximum absolute atomic E-state index is 11.1. The Morgan fingerprint density at radius 2 is 2.40 bits per heavy atom. The van der Waals surface area contributed by atoms with Gasteiger partial charge in [0.1, 0.15) is 6.29 Å². The molecule has 0 aliphatic rings. The summed E-state index contributed by atoms with van der Waals surface area (Å²) in [5.74, 6) is -0.627. The Bertz CT molecular complexity index is 532. The van der Waals surface area contributed by atoms with Crippen LogP contribution in [0.25, 0.3) is 10.9 Å². The molecule has 0 unspecified atom stereocenters. The highest BCUT2D eigenvalue weighted by molar-refractivity contribution is 6.03. The van der Waals surface area contributed by atoms with Crippen molar-refractivity contribution in [2.45, 2.75) is 6.54 Å². The van der Waals surface area contributed by atoms with Crippen molar-refractivity contribution in [1.29, 1.82) is 0 Å². The summed E-state index contributed by atoms with van der Waals surface area (Å²) in [4.78, 5) is 25.3. The number of rotatable bonds is 3. The van der Waals surface area contributed by atoms with E-state index in [9.17, 15) is 9.59 Å². The molecule has 2 aromatic heterocycles. The molecule has 0 saturated heterocycles. The summed E-state index contributed by atoms with van der Waals surface area (Å²) in [6, 6.07) is 1.68. The molecule has 1 amide bonds. The highest BCUT2D eigenvalue weighted by Gasteiger charge is 2.13. The molecule has 2 N–H and O–H groups in total. The summed E-state index contributed by atoms with van der Waals surface area (Å²) in [5.41, 5.74) is 5.97. The summed E-state index contributed by atoms with van der Waals surface area (Å²) < 4.78 is 1.42. The van der Waals surface area contributed by atoms with Gasteiger partial charge in [0.15, 0.2) is 5.69 Å². The maximum atomic E-state index is 11.1. The van der Waals surface area contributed by atoms with Crippen LogP contribution in [0.15, 0.2) is 18.5 Å². The second-order valence-corrected chi connectivity index (χ2v) is 2.95. The predicted octanol–water partition coefficient (Wildman–Crippen LogP) is -0.271. The third kappa shape index (κ3) is 1.45. The third-order valence-electron chi connectivity index (χ3n) is 2.03. The van der Waals surface area contributed by atoms with E-state index in [1.807, 2.05) is 0 Å². The van der Waals surface area contributed by atoms with Gasteiger partial charge in [-0.3, -0.25) is 14.5 Å². The Morgan fingerprint density at radius 3 is 3.07 bits per heavy atom. The molecule has 0 saturated carbocycles. The molecule has 76 valence electrons. The number of amides is 1. The quantitative estimate of drug-likeness (QED) is 0.696. The van der Waals surface area contributed by atoms with Gasteiger partial charge in [-0.15, -0.1) is 0 Å². The van der Waals surface area contributed by atoms with Crippen LogP contribution in [-0.4, -0.2) is 27.0 Å². The van der Waals surface area contributed by atoms with E-state index in [4.69, 9.17) is 5.73 Å². The smallest absolute Gasteiger partial charge is 0.269 e. The van der Waals surface area contributed by atoms with Crippen LogP contribution in [0.1, 0.15) is 10.5 Å². The largest absolute Gasteiger partial charge is 0.364 e. The van der Waals surface area contributed by atoms with Crippen LogP contribution in [0.5, 0.6) is 0 Å². The van der Waals surface area contributed by atoms with Crippen LogP contribution >= 0.6 is 0 Å². The topological polar surface area (TPSA) is 90.9 Å². The number of fused-ring (bicyclic) bond motifs is 1. The fourth-order valence-electron chi connectivity index (χ4n) is 1.41. The van der Waals surface area contributed by atoms with Gasteiger partial charge in [0.25, 0.3) is 5.91 Å². The van der Waals surface area contributed by atoms with Crippen molar-refractivity contribution in [3.05, 3.63) is 24.2 Å². The first-order valence-electron chi connectivity index (χ1n) is 4.28. The zero-order valence-corrected chi connectivity index (χ0v) is 7.75. The van der Waals surface area contributed by atoms with Crippen LogP contribution in [0.3, 0.4) is 0 Å². The fraction of sp³-hybridized carbons (Fsp3) is 0.111. The van der Waals surface area contributed by atoms with E-state index in [1.54, 1.807) is 12.3 Å². The van der Waals surface area contributed by atoms with Gasteiger partial charge in [0, 0.05) is 12.4 Å². The van der Waals surface area contributed by atoms with Crippen molar-refractivity contribution < 1.29 is 9.59 Å². The molecule has 2 aromatic rings. The average Bonchev–Trinajstić information content (AvgIpc) is 2.59. The van der Waals surface area contributed by atoms with Crippen molar-refractivity contribution in [1.82, 2.24) is 14.8 Å². The Balaban J connectivity index is 2.72. The molecule has 6 nitrogen and oxygen atoms in total. The molecule has 6 heteroatoms.